The Labute approximate surface area is 56.4 Å². The summed E-state index contributed by atoms with van der Waals surface area (Å²) in [6.07, 6.45) is 1.53. The molecule has 0 aliphatic heterocycles. The van der Waals surface area contributed by atoms with Crippen LogP contribution in [0.5, 0.6) is 5.75 Å². The Kier molecular flexibility index (Phi) is 0.768. The van der Waals surface area contributed by atoms with Gasteiger partial charge in [-0.2, -0.15) is 0 Å². The Bertz CT molecular complexity index is 406. The summed E-state index contributed by atoms with van der Waals surface area (Å²) < 4.78 is 1.62. The van der Waals surface area contributed by atoms with Crippen molar-refractivity contribution in [3.63, 3.8) is 0 Å². The molecule has 0 aliphatic rings. The molecule has 0 atom stereocenters. The number of fused-ring (bicyclic) bond motifs is 1. The summed E-state index contributed by atoms with van der Waals surface area (Å²) in [5.74, 6) is 0.190. The molecule has 0 fully saturated rings. The summed E-state index contributed by atoms with van der Waals surface area (Å²) in [7, 11) is 0. The lowest BCUT2D eigenvalue weighted by molar-refractivity contribution is 0.475. The van der Waals surface area contributed by atoms with E-state index in [2.05, 4.69) is 16.8 Å². The van der Waals surface area contributed by atoms with E-state index >= 15 is 0 Å². The molecular formula is C6H5N3O. The van der Waals surface area contributed by atoms with Crippen LogP contribution in [0.3, 0.4) is 0 Å². The molecule has 0 saturated heterocycles. The zero-order valence-corrected chi connectivity index (χ0v) is 5.15. The fourth-order valence-corrected chi connectivity index (χ4v) is 0.878. The van der Waals surface area contributed by atoms with E-state index in [1.807, 2.05) is 0 Å². The van der Waals surface area contributed by atoms with Crippen molar-refractivity contribution < 1.29 is 5.11 Å². The number of aromatic nitrogens is 3. The zero-order chi connectivity index (χ0) is 7.14. The van der Waals surface area contributed by atoms with E-state index in [0.717, 1.165) is 0 Å². The maximum atomic E-state index is 8.95. The molecule has 0 saturated carbocycles. The lowest BCUT2D eigenvalue weighted by atomic mass is 10.6. The molecular weight excluding hydrogens is 130 g/mol. The van der Waals surface area contributed by atoms with Crippen molar-refractivity contribution in [2.45, 2.75) is 0 Å². The second-order valence-electron chi connectivity index (χ2n) is 2.04. The molecule has 0 aliphatic carbocycles. The van der Waals surface area contributed by atoms with Gasteiger partial charge in [0.1, 0.15) is 5.75 Å². The topological polar surface area (TPSA) is 50.4 Å². The van der Waals surface area contributed by atoms with Gasteiger partial charge < -0.3 is 5.11 Å². The van der Waals surface area contributed by atoms with Crippen LogP contribution in [0.4, 0.5) is 0 Å². The number of nitrogens with zero attached hydrogens (tertiary/aromatic N) is 3. The van der Waals surface area contributed by atoms with Gasteiger partial charge in [0.05, 0.1) is 6.20 Å². The number of hydrogen-bond acceptors (Lipinski definition) is 3. The molecule has 0 bridgehead atoms. The Morgan fingerprint density at radius 1 is 1.50 bits per heavy atom. The van der Waals surface area contributed by atoms with Gasteiger partial charge in [-0.05, 0) is 0 Å². The lowest BCUT2D eigenvalue weighted by Crippen LogP contribution is -2.06. The Morgan fingerprint density at radius 2 is 2.30 bits per heavy atom. The van der Waals surface area contributed by atoms with Gasteiger partial charge in [0.25, 0.3) is 0 Å². The predicted molar refractivity (Wildman–Crippen MR) is 35.4 cm³/mol. The highest BCUT2D eigenvalue weighted by molar-refractivity contribution is 5.44. The molecule has 2 heterocycles. The van der Waals surface area contributed by atoms with Crippen molar-refractivity contribution in [2.24, 2.45) is 0 Å². The lowest BCUT2D eigenvalue weighted by Gasteiger charge is -1.75. The summed E-state index contributed by atoms with van der Waals surface area (Å²) in [6.45, 7) is 3.60. The van der Waals surface area contributed by atoms with Crippen LogP contribution in [0.15, 0.2) is 12.3 Å². The second kappa shape index (κ2) is 1.47. The zero-order valence-electron chi connectivity index (χ0n) is 5.15. The first-order valence-corrected chi connectivity index (χ1v) is 2.80. The van der Waals surface area contributed by atoms with Gasteiger partial charge in [0, 0.05) is 6.07 Å². The van der Waals surface area contributed by atoms with Gasteiger partial charge in [-0.15, -0.1) is 10.2 Å². The first-order chi connectivity index (χ1) is 4.77. The number of rotatable bonds is 0. The maximum absolute atomic E-state index is 8.95. The summed E-state index contributed by atoms with van der Waals surface area (Å²) in [5, 5.41) is 16.4. The maximum Gasteiger partial charge on any atom is 0.164 e. The number of hydrogen-bond donors (Lipinski definition) is 1. The van der Waals surface area contributed by atoms with Gasteiger partial charge in [0.2, 0.25) is 0 Å². The minimum Gasteiger partial charge on any atom is -0.506 e. The Hall–Kier alpha value is -1.58. The van der Waals surface area contributed by atoms with Crippen molar-refractivity contribution in [1.82, 2.24) is 14.6 Å². The fraction of sp³-hybridized carbons (Fsp3) is 0. The third kappa shape index (κ3) is 0.500. The van der Waals surface area contributed by atoms with Crippen LogP contribution in [-0.4, -0.2) is 19.7 Å². The quantitative estimate of drug-likeness (QED) is 0.533. The standard InChI is InChI=1S/C6H5N3O/c1-4-7-8-6-2-5(10)3-9(4)6/h2-3,10H,1H2. The van der Waals surface area contributed by atoms with Gasteiger partial charge in [-0.3, -0.25) is 4.40 Å². The van der Waals surface area contributed by atoms with Crippen LogP contribution in [0.2, 0.25) is 0 Å². The van der Waals surface area contributed by atoms with Gasteiger partial charge in [0.15, 0.2) is 11.1 Å². The SMILES string of the molecule is C=c1nnc2cc(O)cn12. The van der Waals surface area contributed by atoms with Gasteiger partial charge in [-0.25, -0.2) is 0 Å². The smallest absolute Gasteiger partial charge is 0.164 e. The van der Waals surface area contributed by atoms with E-state index in [9.17, 15) is 0 Å². The van der Waals surface area contributed by atoms with E-state index in [4.69, 9.17) is 5.11 Å². The van der Waals surface area contributed by atoms with Gasteiger partial charge >= 0.3 is 0 Å². The second-order valence-corrected chi connectivity index (χ2v) is 2.04. The van der Waals surface area contributed by atoms with Crippen LogP contribution < -0.4 is 5.48 Å². The van der Waals surface area contributed by atoms with Crippen molar-refractivity contribution in [3.8, 4) is 5.75 Å². The third-order valence-corrected chi connectivity index (χ3v) is 1.33. The van der Waals surface area contributed by atoms with Crippen LogP contribution in [0.1, 0.15) is 0 Å². The summed E-state index contributed by atoms with van der Waals surface area (Å²) >= 11 is 0. The molecule has 0 unspecified atom stereocenters. The summed E-state index contributed by atoms with van der Waals surface area (Å²) in [4.78, 5) is 0. The molecule has 1 N–H and O–H groups in total. The van der Waals surface area contributed by atoms with Crippen molar-refractivity contribution in [2.75, 3.05) is 0 Å². The highest BCUT2D eigenvalue weighted by Crippen LogP contribution is 2.09. The van der Waals surface area contributed by atoms with Crippen LogP contribution in [0.25, 0.3) is 12.2 Å². The highest BCUT2D eigenvalue weighted by Gasteiger charge is 1.99. The predicted octanol–water partition coefficient (Wildman–Crippen LogP) is -0.436. The minimum atomic E-state index is 0.190. The fourth-order valence-electron chi connectivity index (χ4n) is 0.878. The monoisotopic (exact) mass is 135 g/mol. The number of aromatic hydroxyl groups is 1. The Morgan fingerprint density at radius 3 is 3.00 bits per heavy atom. The minimum absolute atomic E-state index is 0.190. The molecule has 4 nitrogen and oxygen atoms in total. The molecule has 2 aromatic heterocycles. The average molecular weight is 135 g/mol. The molecule has 4 heteroatoms. The van der Waals surface area contributed by atoms with Crippen molar-refractivity contribution in [1.29, 1.82) is 0 Å². The van der Waals surface area contributed by atoms with E-state index in [1.165, 1.54) is 12.3 Å². The average Bonchev–Trinajstić information content (AvgIpc) is 2.35. The van der Waals surface area contributed by atoms with Crippen molar-refractivity contribution in [3.05, 3.63) is 17.7 Å². The van der Waals surface area contributed by atoms with E-state index < -0.39 is 0 Å². The molecule has 10 heavy (non-hydrogen) atoms. The van der Waals surface area contributed by atoms with Crippen LogP contribution >= 0.6 is 0 Å². The van der Waals surface area contributed by atoms with Crippen LogP contribution in [-0.2, 0) is 0 Å². The van der Waals surface area contributed by atoms with E-state index in [0.29, 0.717) is 11.1 Å². The molecule has 0 spiro atoms. The van der Waals surface area contributed by atoms with E-state index in [-0.39, 0.29) is 5.75 Å². The molecule has 0 radical (unpaired) electrons. The summed E-state index contributed by atoms with van der Waals surface area (Å²) in [6, 6.07) is 1.53. The normalized spacial score (nSPS) is 10.8. The van der Waals surface area contributed by atoms with Crippen molar-refractivity contribution >= 4 is 12.2 Å². The third-order valence-electron chi connectivity index (χ3n) is 1.33. The van der Waals surface area contributed by atoms with E-state index in [1.54, 1.807) is 4.40 Å². The largest absolute Gasteiger partial charge is 0.506 e. The first kappa shape index (κ1) is 5.22. The molecule has 0 amide bonds. The first-order valence-electron chi connectivity index (χ1n) is 2.80. The molecule has 2 rings (SSSR count). The molecule has 50 valence electrons. The Balaban J connectivity index is 3.03. The molecule has 2 aromatic rings. The summed E-state index contributed by atoms with van der Waals surface area (Å²) in [5.41, 5.74) is 1.16. The highest BCUT2D eigenvalue weighted by atomic mass is 16.3. The molecule has 0 aromatic carbocycles. The van der Waals surface area contributed by atoms with Crippen LogP contribution in [0, 0.1) is 0 Å². The van der Waals surface area contributed by atoms with Gasteiger partial charge in [-0.1, -0.05) is 6.58 Å².